The molecule has 8 heteroatoms. The summed E-state index contributed by atoms with van der Waals surface area (Å²) in [4.78, 5) is 35.1. The maximum atomic E-state index is 13.5. The van der Waals surface area contributed by atoms with Crippen LogP contribution in [-0.4, -0.2) is 36.1 Å². The van der Waals surface area contributed by atoms with E-state index in [1.807, 2.05) is 61.5 Å². The van der Waals surface area contributed by atoms with Gasteiger partial charge in [0, 0.05) is 30.4 Å². The SMILES string of the molecule is CCCCc1nc2c(C)cc(C)nc2n1Cc1ccc(NC(=O)[C@H](Cc2ccccc2)n2cccc2C(=O)O)cc1. The van der Waals surface area contributed by atoms with Crippen molar-refractivity contribution in [2.45, 2.75) is 59.0 Å². The third kappa shape index (κ3) is 6.22. The van der Waals surface area contributed by atoms with E-state index >= 15 is 0 Å². The number of imidazole rings is 1. The maximum Gasteiger partial charge on any atom is 0.352 e. The fourth-order valence-electron chi connectivity index (χ4n) is 5.24. The Bertz CT molecular complexity index is 1670. The molecule has 210 valence electrons. The first-order valence-electron chi connectivity index (χ1n) is 14.0. The second kappa shape index (κ2) is 12.2. The van der Waals surface area contributed by atoms with Gasteiger partial charge in [-0.3, -0.25) is 4.79 Å². The molecule has 41 heavy (non-hydrogen) atoms. The molecule has 3 aromatic heterocycles. The van der Waals surface area contributed by atoms with Gasteiger partial charge in [0.25, 0.3) is 0 Å². The molecule has 2 N–H and O–H groups in total. The quantitative estimate of drug-likeness (QED) is 0.200. The van der Waals surface area contributed by atoms with Gasteiger partial charge in [-0.2, -0.15) is 0 Å². The number of hydrogen-bond acceptors (Lipinski definition) is 4. The van der Waals surface area contributed by atoms with Crippen LogP contribution in [0.2, 0.25) is 0 Å². The van der Waals surface area contributed by atoms with E-state index in [9.17, 15) is 14.7 Å². The monoisotopic (exact) mass is 549 g/mol. The van der Waals surface area contributed by atoms with Gasteiger partial charge in [-0.25, -0.2) is 14.8 Å². The number of carbonyl (C=O) groups is 2. The average Bonchev–Trinajstić information content (AvgIpc) is 3.58. The van der Waals surface area contributed by atoms with Crippen LogP contribution in [-0.2, 0) is 24.2 Å². The first kappa shape index (κ1) is 27.8. The number of nitrogens with one attached hydrogen (secondary N) is 1. The van der Waals surface area contributed by atoms with Crippen molar-refractivity contribution in [3.8, 4) is 0 Å². The van der Waals surface area contributed by atoms with Crippen molar-refractivity contribution < 1.29 is 14.7 Å². The molecule has 0 bridgehead atoms. The van der Waals surface area contributed by atoms with Gasteiger partial charge in [-0.1, -0.05) is 55.8 Å². The fraction of sp³-hybridized carbons (Fsp3) is 0.273. The number of carboxylic acid groups (broad SMARTS) is 1. The summed E-state index contributed by atoms with van der Waals surface area (Å²) < 4.78 is 3.73. The zero-order valence-corrected chi connectivity index (χ0v) is 23.7. The third-order valence-corrected chi connectivity index (χ3v) is 7.33. The lowest BCUT2D eigenvalue weighted by Crippen LogP contribution is -2.29. The molecule has 0 spiro atoms. The highest BCUT2D eigenvalue weighted by atomic mass is 16.4. The molecule has 0 aliphatic rings. The largest absolute Gasteiger partial charge is 0.477 e. The normalized spacial score (nSPS) is 12.0. The molecular formula is C33H35N5O3. The summed E-state index contributed by atoms with van der Waals surface area (Å²) in [6, 6.07) is 21.9. The van der Waals surface area contributed by atoms with Crippen molar-refractivity contribution >= 4 is 28.7 Å². The highest BCUT2D eigenvalue weighted by molar-refractivity contribution is 5.95. The molecule has 8 nitrogen and oxygen atoms in total. The number of carboxylic acids is 1. The summed E-state index contributed by atoms with van der Waals surface area (Å²) in [7, 11) is 0. The lowest BCUT2D eigenvalue weighted by Gasteiger charge is -2.20. The van der Waals surface area contributed by atoms with Gasteiger partial charge >= 0.3 is 5.97 Å². The number of aryl methyl sites for hydroxylation is 3. The van der Waals surface area contributed by atoms with Crippen LogP contribution in [0.3, 0.4) is 0 Å². The number of unbranched alkanes of at least 4 members (excludes halogenated alkanes) is 1. The number of amides is 1. The van der Waals surface area contributed by atoms with E-state index in [0.717, 1.165) is 58.6 Å². The number of benzene rings is 2. The molecule has 0 aliphatic carbocycles. The van der Waals surface area contributed by atoms with Crippen LogP contribution in [0.5, 0.6) is 0 Å². The Hall–Kier alpha value is -4.72. The Balaban J connectivity index is 1.38. The van der Waals surface area contributed by atoms with Gasteiger partial charge in [0.1, 0.15) is 23.1 Å². The topological polar surface area (TPSA) is 102 Å². The Labute approximate surface area is 239 Å². The minimum absolute atomic E-state index is 0.0712. The zero-order valence-electron chi connectivity index (χ0n) is 23.7. The van der Waals surface area contributed by atoms with Crippen molar-refractivity contribution in [3.63, 3.8) is 0 Å². The molecule has 5 rings (SSSR count). The Morgan fingerprint density at radius 3 is 2.41 bits per heavy atom. The number of hydrogen-bond donors (Lipinski definition) is 2. The van der Waals surface area contributed by atoms with Crippen LogP contribution in [0.25, 0.3) is 11.2 Å². The van der Waals surface area contributed by atoms with Gasteiger partial charge in [-0.05, 0) is 67.3 Å². The average molecular weight is 550 g/mol. The number of rotatable bonds is 11. The van der Waals surface area contributed by atoms with E-state index in [1.54, 1.807) is 12.3 Å². The summed E-state index contributed by atoms with van der Waals surface area (Å²) in [5, 5.41) is 12.7. The number of fused-ring (bicyclic) bond motifs is 1. The first-order valence-corrected chi connectivity index (χ1v) is 14.0. The van der Waals surface area contributed by atoms with Crippen molar-refractivity contribution in [3.05, 3.63) is 113 Å². The molecule has 3 heterocycles. The second-order valence-electron chi connectivity index (χ2n) is 10.5. The van der Waals surface area contributed by atoms with E-state index in [-0.39, 0.29) is 11.6 Å². The number of nitrogens with zero attached hydrogens (tertiary/aromatic N) is 4. The zero-order chi connectivity index (χ0) is 28.9. The number of aromatic carboxylic acids is 1. The van der Waals surface area contributed by atoms with Crippen LogP contribution < -0.4 is 5.32 Å². The van der Waals surface area contributed by atoms with Gasteiger partial charge < -0.3 is 19.6 Å². The molecule has 1 amide bonds. The number of carbonyl (C=O) groups excluding carboxylic acids is 1. The summed E-state index contributed by atoms with van der Waals surface area (Å²) >= 11 is 0. The summed E-state index contributed by atoms with van der Waals surface area (Å²) in [5.41, 5.74) is 6.67. The van der Waals surface area contributed by atoms with Crippen molar-refractivity contribution in [2.24, 2.45) is 0 Å². The van der Waals surface area contributed by atoms with Gasteiger partial charge in [-0.15, -0.1) is 0 Å². The van der Waals surface area contributed by atoms with Gasteiger partial charge in [0.2, 0.25) is 5.91 Å². The smallest absolute Gasteiger partial charge is 0.352 e. The number of pyridine rings is 1. The fourth-order valence-corrected chi connectivity index (χ4v) is 5.24. The molecule has 0 aliphatic heterocycles. The lowest BCUT2D eigenvalue weighted by molar-refractivity contribution is -0.119. The molecule has 0 fully saturated rings. The molecule has 0 unspecified atom stereocenters. The highest BCUT2D eigenvalue weighted by Crippen LogP contribution is 2.24. The minimum atomic E-state index is -1.07. The summed E-state index contributed by atoms with van der Waals surface area (Å²) in [5.74, 6) is -0.321. The predicted molar refractivity (Wildman–Crippen MR) is 160 cm³/mol. The van der Waals surface area contributed by atoms with E-state index in [1.165, 1.54) is 10.6 Å². The molecule has 1 atom stereocenters. The first-order chi connectivity index (χ1) is 19.8. The molecule has 0 radical (unpaired) electrons. The molecular weight excluding hydrogens is 514 g/mol. The van der Waals surface area contributed by atoms with Crippen molar-refractivity contribution in [1.29, 1.82) is 0 Å². The Morgan fingerprint density at radius 1 is 0.951 bits per heavy atom. The second-order valence-corrected chi connectivity index (χ2v) is 10.5. The molecule has 5 aromatic rings. The third-order valence-electron chi connectivity index (χ3n) is 7.33. The summed E-state index contributed by atoms with van der Waals surface area (Å²) in [6.07, 6.45) is 5.04. The minimum Gasteiger partial charge on any atom is -0.477 e. The molecule has 2 aromatic carbocycles. The van der Waals surface area contributed by atoms with Crippen LogP contribution in [0.1, 0.15) is 64.5 Å². The van der Waals surface area contributed by atoms with Gasteiger partial charge in [0.15, 0.2) is 5.65 Å². The van der Waals surface area contributed by atoms with E-state index < -0.39 is 12.0 Å². The Morgan fingerprint density at radius 2 is 1.71 bits per heavy atom. The molecule has 0 saturated heterocycles. The standard InChI is InChI=1S/C33H35N5O3/c1-4-5-13-29-36-30-22(2)19-23(3)34-31(30)38(29)21-25-14-16-26(17-15-25)35-32(39)28(20-24-10-7-6-8-11-24)37-18-9-12-27(37)33(40)41/h6-12,14-19,28H,4-5,13,20-21H2,1-3H3,(H,35,39)(H,40,41)/t28-/m0/s1. The number of anilines is 1. The highest BCUT2D eigenvalue weighted by Gasteiger charge is 2.25. The Kier molecular flexibility index (Phi) is 8.29. The number of aromatic nitrogens is 4. The van der Waals surface area contributed by atoms with E-state index in [4.69, 9.17) is 9.97 Å². The maximum absolute atomic E-state index is 13.5. The van der Waals surface area contributed by atoms with Crippen LogP contribution in [0.15, 0.2) is 79.0 Å². The molecule has 0 saturated carbocycles. The van der Waals surface area contributed by atoms with Gasteiger partial charge in [0.05, 0.1) is 6.54 Å². The van der Waals surface area contributed by atoms with Crippen LogP contribution in [0, 0.1) is 13.8 Å². The van der Waals surface area contributed by atoms with Crippen molar-refractivity contribution in [2.75, 3.05) is 5.32 Å². The van der Waals surface area contributed by atoms with Crippen molar-refractivity contribution in [1.82, 2.24) is 19.1 Å². The summed E-state index contributed by atoms with van der Waals surface area (Å²) in [6.45, 7) is 6.89. The van der Waals surface area contributed by atoms with E-state index in [0.29, 0.717) is 18.7 Å². The lowest BCUT2D eigenvalue weighted by atomic mass is 10.0. The van der Waals surface area contributed by atoms with Crippen LogP contribution in [0.4, 0.5) is 5.69 Å². The van der Waals surface area contributed by atoms with E-state index in [2.05, 4.69) is 29.8 Å². The predicted octanol–water partition coefficient (Wildman–Crippen LogP) is 6.36. The van der Waals surface area contributed by atoms with Crippen LogP contribution >= 0.6 is 0 Å².